The summed E-state index contributed by atoms with van der Waals surface area (Å²) in [5.74, 6) is 0.835. The third kappa shape index (κ3) is 4.92. The minimum Gasteiger partial charge on any atom is -0.486 e. The first-order chi connectivity index (χ1) is 15.5. The van der Waals surface area contributed by atoms with Crippen molar-refractivity contribution in [1.82, 2.24) is 5.32 Å². The number of carbonyl (C=O) groups is 1. The van der Waals surface area contributed by atoms with Crippen LogP contribution in [-0.4, -0.2) is 30.1 Å². The molecule has 1 amide bonds. The molecule has 2 N–H and O–H groups in total. The third-order valence-electron chi connectivity index (χ3n) is 4.94. The van der Waals surface area contributed by atoms with E-state index in [0.29, 0.717) is 35.4 Å². The molecule has 3 aromatic rings. The number of nitro groups is 1. The molecule has 1 aliphatic rings. The van der Waals surface area contributed by atoms with Crippen LogP contribution in [-0.2, 0) is 6.54 Å². The fourth-order valence-electron chi connectivity index (χ4n) is 3.28. The van der Waals surface area contributed by atoms with Crippen LogP contribution >= 0.6 is 11.6 Å². The number of hydrogen-bond donors (Lipinski definition) is 2. The molecule has 164 valence electrons. The Morgan fingerprint density at radius 1 is 1.09 bits per heavy atom. The predicted octanol–water partition coefficient (Wildman–Crippen LogP) is 4.43. The molecule has 0 bridgehead atoms. The molecule has 1 aliphatic heterocycles. The number of halogens is 1. The monoisotopic (exact) mass is 453 g/mol. The van der Waals surface area contributed by atoms with Crippen molar-refractivity contribution in [2.45, 2.75) is 12.6 Å². The summed E-state index contributed by atoms with van der Waals surface area (Å²) in [6, 6.07) is 18.8. The van der Waals surface area contributed by atoms with E-state index in [1.54, 1.807) is 12.1 Å². The molecule has 0 aromatic heterocycles. The van der Waals surface area contributed by atoms with Gasteiger partial charge in [0, 0.05) is 23.2 Å². The van der Waals surface area contributed by atoms with Gasteiger partial charge >= 0.3 is 0 Å². The predicted molar refractivity (Wildman–Crippen MR) is 121 cm³/mol. The lowest BCUT2D eigenvalue weighted by Crippen LogP contribution is -2.40. The summed E-state index contributed by atoms with van der Waals surface area (Å²) in [6.07, 6.45) is -0.361. The number of nitro benzene ring substituents is 1. The average molecular weight is 454 g/mol. The van der Waals surface area contributed by atoms with Gasteiger partial charge < -0.3 is 20.1 Å². The summed E-state index contributed by atoms with van der Waals surface area (Å²) in [6.45, 7) is 0.808. The van der Waals surface area contributed by atoms with E-state index in [4.69, 9.17) is 21.1 Å². The number of benzene rings is 3. The third-order valence-corrected chi connectivity index (χ3v) is 5.31. The molecular weight excluding hydrogens is 434 g/mol. The summed E-state index contributed by atoms with van der Waals surface area (Å²) in [5.41, 5.74) is 1.08. The number of anilines is 1. The van der Waals surface area contributed by atoms with Crippen molar-refractivity contribution in [1.29, 1.82) is 0 Å². The van der Waals surface area contributed by atoms with Crippen LogP contribution in [0.1, 0.15) is 15.9 Å². The maximum Gasteiger partial charge on any atom is 0.293 e. The normalized spacial score (nSPS) is 14.5. The van der Waals surface area contributed by atoms with E-state index in [1.807, 2.05) is 36.4 Å². The lowest BCUT2D eigenvalue weighted by atomic mass is 10.1. The van der Waals surface area contributed by atoms with Gasteiger partial charge in [-0.15, -0.1) is 0 Å². The van der Waals surface area contributed by atoms with Gasteiger partial charge in [-0.25, -0.2) is 0 Å². The number of nitrogens with one attached hydrogen (secondary N) is 2. The largest absolute Gasteiger partial charge is 0.486 e. The summed E-state index contributed by atoms with van der Waals surface area (Å²) in [7, 11) is 0. The molecule has 1 unspecified atom stereocenters. The lowest BCUT2D eigenvalue weighted by Gasteiger charge is -2.26. The van der Waals surface area contributed by atoms with E-state index in [2.05, 4.69) is 10.6 Å². The summed E-state index contributed by atoms with van der Waals surface area (Å²) < 4.78 is 11.4. The number of fused-ring (bicyclic) bond motifs is 1. The number of rotatable bonds is 7. The second kappa shape index (κ2) is 9.57. The standard InChI is InChI=1S/C23H20ClN3O5/c24-18-6-2-1-5-16(18)12-25-19-10-9-15(11-20(19)27(29)30)23(28)26-13-17-14-31-21-7-3-4-8-22(21)32-17/h1-11,17,25H,12-14H2,(H,26,28). The van der Waals surface area contributed by atoms with Crippen molar-refractivity contribution >= 4 is 28.9 Å². The Morgan fingerprint density at radius 2 is 1.84 bits per heavy atom. The van der Waals surface area contributed by atoms with E-state index in [-0.39, 0.29) is 23.9 Å². The molecule has 3 aromatic carbocycles. The smallest absolute Gasteiger partial charge is 0.293 e. The van der Waals surface area contributed by atoms with Crippen LogP contribution in [0.15, 0.2) is 66.7 Å². The molecule has 0 spiro atoms. The van der Waals surface area contributed by atoms with Gasteiger partial charge in [-0.2, -0.15) is 0 Å². The van der Waals surface area contributed by atoms with Gasteiger partial charge in [0.1, 0.15) is 18.4 Å². The zero-order valence-corrected chi connectivity index (χ0v) is 17.7. The highest BCUT2D eigenvalue weighted by molar-refractivity contribution is 6.31. The number of para-hydroxylation sites is 2. The van der Waals surface area contributed by atoms with E-state index in [9.17, 15) is 14.9 Å². The van der Waals surface area contributed by atoms with E-state index < -0.39 is 10.8 Å². The number of amides is 1. The van der Waals surface area contributed by atoms with Crippen LogP contribution in [0, 0.1) is 10.1 Å². The Hall–Kier alpha value is -3.78. The lowest BCUT2D eigenvalue weighted by molar-refractivity contribution is -0.384. The molecule has 1 atom stereocenters. The van der Waals surface area contributed by atoms with Crippen LogP contribution in [0.25, 0.3) is 0 Å². The minimum absolute atomic E-state index is 0.178. The first kappa shape index (κ1) is 21.5. The molecule has 0 saturated heterocycles. The molecule has 8 nitrogen and oxygen atoms in total. The Morgan fingerprint density at radius 3 is 2.62 bits per heavy atom. The fraction of sp³-hybridized carbons (Fsp3) is 0.174. The fourth-order valence-corrected chi connectivity index (χ4v) is 3.48. The van der Waals surface area contributed by atoms with Crippen molar-refractivity contribution < 1.29 is 19.2 Å². The van der Waals surface area contributed by atoms with E-state index in [0.717, 1.165) is 5.56 Å². The van der Waals surface area contributed by atoms with Gasteiger partial charge in [0.25, 0.3) is 11.6 Å². The van der Waals surface area contributed by atoms with Crippen LogP contribution in [0.3, 0.4) is 0 Å². The van der Waals surface area contributed by atoms with E-state index in [1.165, 1.54) is 18.2 Å². The van der Waals surface area contributed by atoms with Gasteiger partial charge in [0.15, 0.2) is 11.5 Å². The molecule has 0 fully saturated rings. The van der Waals surface area contributed by atoms with Crippen molar-refractivity contribution in [2.75, 3.05) is 18.5 Å². The molecular formula is C23H20ClN3O5. The molecule has 0 radical (unpaired) electrons. The Bertz CT molecular complexity index is 1150. The van der Waals surface area contributed by atoms with Gasteiger partial charge in [-0.1, -0.05) is 41.9 Å². The highest BCUT2D eigenvalue weighted by Gasteiger charge is 2.22. The summed E-state index contributed by atoms with van der Waals surface area (Å²) in [5, 5.41) is 17.9. The summed E-state index contributed by atoms with van der Waals surface area (Å²) >= 11 is 6.14. The topological polar surface area (TPSA) is 103 Å². The number of carbonyl (C=O) groups excluding carboxylic acids is 1. The zero-order valence-electron chi connectivity index (χ0n) is 16.9. The Kier molecular flexibility index (Phi) is 6.42. The molecule has 4 rings (SSSR count). The SMILES string of the molecule is O=C(NCC1COc2ccccc2O1)c1ccc(NCc2ccccc2Cl)c([N+](=O)[O-])c1. The zero-order chi connectivity index (χ0) is 22.5. The van der Waals surface area contributed by atoms with Crippen molar-refractivity contribution in [2.24, 2.45) is 0 Å². The van der Waals surface area contributed by atoms with Crippen molar-refractivity contribution in [3.8, 4) is 11.5 Å². The molecule has 1 heterocycles. The second-order valence-electron chi connectivity index (χ2n) is 7.14. The summed E-state index contributed by atoms with van der Waals surface area (Å²) in [4.78, 5) is 23.6. The minimum atomic E-state index is -0.527. The second-order valence-corrected chi connectivity index (χ2v) is 7.55. The number of nitrogens with zero attached hydrogens (tertiary/aromatic N) is 1. The number of hydrogen-bond acceptors (Lipinski definition) is 6. The Balaban J connectivity index is 1.40. The first-order valence-electron chi connectivity index (χ1n) is 9.93. The van der Waals surface area contributed by atoms with Crippen LogP contribution < -0.4 is 20.1 Å². The maximum atomic E-state index is 12.6. The molecule has 0 aliphatic carbocycles. The van der Waals surface area contributed by atoms with Crippen LogP contribution in [0.4, 0.5) is 11.4 Å². The first-order valence-corrected chi connectivity index (χ1v) is 10.3. The van der Waals surface area contributed by atoms with Gasteiger partial charge in [0.2, 0.25) is 0 Å². The number of ether oxygens (including phenoxy) is 2. The average Bonchev–Trinajstić information content (AvgIpc) is 2.81. The molecule has 9 heteroatoms. The quantitative estimate of drug-likeness (QED) is 0.405. The Labute approximate surface area is 189 Å². The highest BCUT2D eigenvalue weighted by atomic mass is 35.5. The maximum absolute atomic E-state index is 12.6. The highest BCUT2D eigenvalue weighted by Crippen LogP contribution is 2.31. The van der Waals surface area contributed by atoms with Crippen molar-refractivity contribution in [3.05, 3.63) is 93.0 Å². The van der Waals surface area contributed by atoms with Gasteiger partial charge in [-0.3, -0.25) is 14.9 Å². The molecule has 32 heavy (non-hydrogen) atoms. The van der Waals surface area contributed by atoms with E-state index >= 15 is 0 Å². The van der Waals surface area contributed by atoms with Crippen molar-refractivity contribution in [3.63, 3.8) is 0 Å². The molecule has 0 saturated carbocycles. The van der Waals surface area contributed by atoms with Gasteiger partial charge in [0.05, 0.1) is 11.5 Å². The van der Waals surface area contributed by atoms with Crippen LogP contribution in [0.2, 0.25) is 5.02 Å². The van der Waals surface area contributed by atoms with Gasteiger partial charge in [-0.05, 0) is 35.9 Å². The van der Waals surface area contributed by atoms with Crippen LogP contribution in [0.5, 0.6) is 11.5 Å².